The summed E-state index contributed by atoms with van der Waals surface area (Å²) < 4.78 is 23.6. The van der Waals surface area contributed by atoms with Gasteiger partial charge in [-0.15, -0.1) is 0 Å². The summed E-state index contributed by atoms with van der Waals surface area (Å²) in [7, 11) is 1.61. The van der Waals surface area contributed by atoms with E-state index < -0.39 is 6.10 Å². The molecule has 0 unspecified atom stereocenters. The highest BCUT2D eigenvalue weighted by molar-refractivity contribution is 5.69. The maximum absolute atomic E-state index is 13.2. The molecule has 0 bridgehead atoms. The van der Waals surface area contributed by atoms with E-state index in [0.717, 1.165) is 16.9 Å². The van der Waals surface area contributed by atoms with Gasteiger partial charge in [0.25, 0.3) is 0 Å². The number of rotatable bonds is 11. The number of aliphatic hydroxyl groups is 1. The molecular formula is C22H28FNO4. The van der Waals surface area contributed by atoms with E-state index in [1.807, 2.05) is 36.1 Å². The van der Waals surface area contributed by atoms with Crippen LogP contribution in [0.25, 0.3) is 0 Å². The van der Waals surface area contributed by atoms with Crippen molar-refractivity contribution in [2.45, 2.75) is 39.0 Å². The molecule has 28 heavy (non-hydrogen) atoms. The molecule has 2 aromatic rings. The Morgan fingerprint density at radius 1 is 1.14 bits per heavy atom. The zero-order valence-corrected chi connectivity index (χ0v) is 16.4. The summed E-state index contributed by atoms with van der Waals surface area (Å²) in [4.78, 5) is 13.5. The quantitative estimate of drug-likeness (QED) is 0.596. The van der Waals surface area contributed by atoms with Gasteiger partial charge >= 0.3 is 5.97 Å². The summed E-state index contributed by atoms with van der Waals surface area (Å²) in [5.74, 6) is 0.165. The molecule has 0 amide bonds. The van der Waals surface area contributed by atoms with E-state index in [9.17, 15) is 14.3 Å². The highest BCUT2D eigenvalue weighted by Crippen LogP contribution is 2.16. The third kappa shape index (κ3) is 7.66. The maximum Gasteiger partial charge on any atom is 0.305 e. The van der Waals surface area contributed by atoms with Gasteiger partial charge in [-0.1, -0.05) is 31.2 Å². The number of carbonyl (C=O) groups excluding carboxylic acids is 1. The topological polar surface area (TPSA) is 59.0 Å². The second-order valence-electron chi connectivity index (χ2n) is 6.73. The van der Waals surface area contributed by atoms with Crippen molar-refractivity contribution in [1.29, 1.82) is 0 Å². The lowest BCUT2D eigenvalue weighted by molar-refractivity contribution is -0.147. The molecule has 5 nitrogen and oxygen atoms in total. The van der Waals surface area contributed by atoms with Crippen LogP contribution in [0.3, 0.4) is 0 Å². The first-order chi connectivity index (χ1) is 13.5. The zero-order chi connectivity index (χ0) is 20.4. The number of halogens is 1. The molecule has 0 aliphatic rings. The fourth-order valence-corrected chi connectivity index (χ4v) is 2.88. The molecule has 2 rings (SSSR count). The van der Waals surface area contributed by atoms with Crippen LogP contribution in [0.4, 0.5) is 4.39 Å². The Hall–Kier alpha value is -2.44. The minimum Gasteiger partial charge on any atom is -0.497 e. The minimum atomic E-state index is -0.813. The van der Waals surface area contributed by atoms with Crippen LogP contribution in [0.1, 0.15) is 30.9 Å². The molecule has 0 aliphatic carbocycles. The van der Waals surface area contributed by atoms with Crippen LogP contribution < -0.4 is 4.74 Å². The monoisotopic (exact) mass is 389 g/mol. The van der Waals surface area contributed by atoms with E-state index >= 15 is 0 Å². The Balaban J connectivity index is 2.04. The lowest BCUT2D eigenvalue weighted by Gasteiger charge is -2.25. The molecule has 0 aliphatic heterocycles. The molecule has 2 aromatic carbocycles. The summed E-state index contributed by atoms with van der Waals surface area (Å²) in [6.45, 7) is 3.26. The number of esters is 1. The van der Waals surface area contributed by atoms with Gasteiger partial charge < -0.3 is 14.6 Å². The zero-order valence-electron chi connectivity index (χ0n) is 16.4. The Kier molecular flexibility index (Phi) is 8.91. The number of ether oxygens (including phenoxy) is 2. The fourth-order valence-electron chi connectivity index (χ4n) is 2.88. The number of nitrogens with zero attached hydrogens (tertiary/aromatic N) is 1. The molecule has 152 valence electrons. The fraction of sp³-hybridized carbons (Fsp3) is 0.409. The number of hydrogen-bond acceptors (Lipinski definition) is 5. The van der Waals surface area contributed by atoms with Crippen molar-refractivity contribution >= 4 is 5.97 Å². The molecule has 0 radical (unpaired) electrons. The third-order valence-electron chi connectivity index (χ3n) is 4.22. The average molecular weight is 389 g/mol. The van der Waals surface area contributed by atoms with Crippen molar-refractivity contribution in [3.63, 3.8) is 0 Å². The van der Waals surface area contributed by atoms with Crippen molar-refractivity contribution in [2.24, 2.45) is 0 Å². The summed E-state index contributed by atoms with van der Waals surface area (Å²) in [5.41, 5.74) is 1.95. The highest BCUT2D eigenvalue weighted by atomic mass is 19.1. The maximum atomic E-state index is 13.2. The van der Waals surface area contributed by atoms with Gasteiger partial charge in [-0.2, -0.15) is 0 Å². The number of aliphatic hydroxyl groups excluding tert-OH is 1. The molecule has 1 N–H and O–H groups in total. The van der Waals surface area contributed by atoms with Crippen LogP contribution in [0.2, 0.25) is 0 Å². The van der Waals surface area contributed by atoms with Crippen molar-refractivity contribution in [3.8, 4) is 5.75 Å². The van der Waals surface area contributed by atoms with Crippen molar-refractivity contribution in [2.75, 3.05) is 20.3 Å². The smallest absolute Gasteiger partial charge is 0.305 e. The average Bonchev–Trinajstić information content (AvgIpc) is 2.68. The van der Waals surface area contributed by atoms with Gasteiger partial charge in [0.1, 0.15) is 24.3 Å². The van der Waals surface area contributed by atoms with Gasteiger partial charge in [-0.3, -0.25) is 9.69 Å². The van der Waals surface area contributed by atoms with Crippen LogP contribution in [0, 0.1) is 5.82 Å². The molecule has 0 saturated carbocycles. The Bertz CT molecular complexity index is 736. The first-order valence-corrected chi connectivity index (χ1v) is 9.43. The molecule has 0 saturated heterocycles. The summed E-state index contributed by atoms with van der Waals surface area (Å²) >= 11 is 0. The van der Waals surface area contributed by atoms with Crippen LogP contribution in [0.5, 0.6) is 5.75 Å². The van der Waals surface area contributed by atoms with E-state index in [1.165, 1.54) is 12.1 Å². The molecule has 0 fully saturated rings. The molecule has 0 heterocycles. The second-order valence-corrected chi connectivity index (χ2v) is 6.73. The van der Waals surface area contributed by atoms with Crippen LogP contribution in [-0.2, 0) is 22.6 Å². The normalized spacial score (nSPS) is 12.0. The van der Waals surface area contributed by atoms with Crippen LogP contribution in [0.15, 0.2) is 48.5 Å². The lowest BCUT2D eigenvalue weighted by atomic mass is 10.1. The number of carbonyl (C=O) groups is 1. The summed E-state index contributed by atoms with van der Waals surface area (Å²) in [6, 6.07) is 14.0. The molecular weight excluding hydrogens is 361 g/mol. The van der Waals surface area contributed by atoms with Gasteiger partial charge in [0.2, 0.25) is 0 Å². The second kappa shape index (κ2) is 11.4. The van der Waals surface area contributed by atoms with Gasteiger partial charge in [-0.25, -0.2) is 4.39 Å². The number of methoxy groups -OCH3 is 1. The molecule has 0 spiro atoms. The van der Waals surface area contributed by atoms with Gasteiger partial charge in [0.15, 0.2) is 0 Å². The molecule has 1 atom stereocenters. The van der Waals surface area contributed by atoms with E-state index in [-0.39, 0.29) is 18.4 Å². The summed E-state index contributed by atoms with van der Waals surface area (Å²) in [6.07, 6.45) is 0.240. The first-order valence-electron chi connectivity index (χ1n) is 9.43. The van der Waals surface area contributed by atoms with E-state index in [0.29, 0.717) is 32.5 Å². The molecule has 0 aromatic heterocycles. The lowest BCUT2D eigenvalue weighted by Crippen LogP contribution is -2.34. The Morgan fingerprint density at radius 2 is 1.86 bits per heavy atom. The minimum absolute atomic E-state index is 0.0448. The third-order valence-corrected chi connectivity index (χ3v) is 4.22. The first kappa shape index (κ1) is 21.9. The van der Waals surface area contributed by atoms with Gasteiger partial charge in [0.05, 0.1) is 7.11 Å². The predicted octanol–water partition coefficient (Wildman–Crippen LogP) is 3.54. The highest BCUT2D eigenvalue weighted by Gasteiger charge is 2.15. The van der Waals surface area contributed by atoms with E-state index in [1.54, 1.807) is 19.2 Å². The summed E-state index contributed by atoms with van der Waals surface area (Å²) in [5, 5.41) is 10.3. The number of benzene rings is 2. The van der Waals surface area contributed by atoms with Crippen LogP contribution in [-0.4, -0.2) is 42.3 Å². The standard InChI is InChI=1S/C22H28FNO4/c1-3-5-22(26)28-16-20(25)15-24(13-17-8-10-19(23)11-9-17)14-18-6-4-7-21(12-18)27-2/h4,6-12,20,25H,3,5,13-16H2,1-2H3/t20-/m0/s1. The van der Waals surface area contributed by atoms with Crippen molar-refractivity contribution in [1.82, 2.24) is 4.90 Å². The molecule has 6 heteroatoms. The van der Waals surface area contributed by atoms with Crippen molar-refractivity contribution in [3.05, 3.63) is 65.5 Å². The number of hydrogen-bond donors (Lipinski definition) is 1. The Labute approximate surface area is 165 Å². The van der Waals surface area contributed by atoms with E-state index in [2.05, 4.69) is 0 Å². The predicted molar refractivity (Wildman–Crippen MR) is 105 cm³/mol. The van der Waals surface area contributed by atoms with Crippen molar-refractivity contribution < 1.29 is 23.8 Å². The largest absolute Gasteiger partial charge is 0.497 e. The van der Waals surface area contributed by atoms with Gasteiger partial charge in [-0.05, 0) is 41.8 Å². The van der Waals surface area contributed by atoms with Gasteiger partial charge in [0, 0.05) is 26.1 Å². The van der Waals surface area contributed by atoms with Crippen LogP contribution >= 0.6 is 0 Å². The Morgan fingerprint density at radius 3 is 2.54 bits per heavy atom. The SMILES string of the molecule is CCCC(=O)OC[C@@H](O)CN(Cc1ccc(F)cc1)Cc1cccc(OC)c1. The van der Waals surface area contributed by atoms with E-state index in [4.69, 9.17) is 9.47 Å².